The third kappa shape index (κ3) is 2.74. The highest BCUT2D eigenvalue weighted by molar-refractivity contribution is 5.90. The fourth-order valence-electron chi connectivity index (χ4n) is 4.22. The van der Waals surface area contributed by atoms with E-state index in [-0.39, 0.29) is 0 Å². The quantitative estimate of drug-likeness (QED) is 0.786. The zero-order valence-electron chi connectivity index (χ0n) is 16.1. The van der Waals surface area contributed by atoms with E-state index in [1.54, 1.807) is 12.4 Å². The van der Waals surface area contributed by atoms with Gasteiger partial charge in [-0.15, -0.1) is 0 Å². The van der Waals surface area contributed by atoms with E-state index in [1.165, 1.54) is 33.3 Å². The van der Waals surface area contributed by atoms with Crippen molar-refractivity contribution in [2.45, 2.75) is 45.9 Å². The van der Waals surface area contributed by atoms with E-state index in [9.17, 15) is 5.11 Å². The molecular weight excluding hydrogens is 322 g/mol. The fraction of sp³-hybridized carbons (Fsp3) is 0.409. The van der Waals surface area contributed by atoms with Crippen molar-refractivity contribution in [2.24, 2.45) is 0 Å². The van der Waals surface area contributed by atoms with Gasteiger partial charge >= 0.3 is 0 Å². The predicted octanol–water partition coefficient (Wildman–Crippen LogP) is 3.55. The zero-order chi connectivity index (χ0) is 18.5. The van der Waals surface area contributed by atoms with Gasteiger partial charge in [-0.25, -0.2) is 0 Å². The van der Waals surface area contributed by atoms with Crippen molar-refractivity contribution in [3.05, 3.63) is 64.6 Å². The average molecular weight is 349 g/mol. The topological polar surface area (TPSA) is 41.3 Å². The molecule has 1 N–H and O–H groups in total. The maximum absolute atomic E-state index is 11.2. The van der Waals surface area contributed by atoms with Crippen molar-refractivity contribution >= 4 is 10.9 Å². The number of pyridine rings is 1. The van der Waals surface area contributed by atoms with Crippen LogP contribution >= 0.6 is 0 Å². The van der Waals surface area contributed by atoms with E-state index in [0.717, 1.165) is 25.1 Å². The first-order valence-electron chi connectivity index (χ1n) is 9.30. The Kier molecular flexibility index (Phi) is 4.13. The van der Waals surface area contributed by atoms with Gasteiger partial charge in [0.25, 0.3) is 0 Å². The SMILES string of the molecule is Cc1ccc2c(c1C)c1c(n2CC(C)(O)c2cccnc2)CCN(C)C1. The van der Waals surface area contributed by atoms with Gasteiger partial charge in [0.05, 0.1) is 6.54 Å². The van der Waals surface area contributed by atoms with Crippen molar-refractivity contribution in [3.8, 4) is 0 Å². The molecule has 1 aliphatic heterocycles. The second kappa shape index (κ2) is 6.22. The molecule has 4 heteroatoms. The molecule has 4 nitrogen and oxygen atoms in total. The first-order valence-corrected chi connectivity index (χ1v) is 9.30. The summed E-state index contributed by atoms with van der Waals surface area (Å²) in [5.74, 6) is 0. The minimum atomic E-state index is -0.962. The van der Waals surface area contributed by atoms with Gasteiger partial charge in [0, 0.05) is 54.1 Å². The average Bonchev–Trinajstić information content (AvgIpc) is 2.92. The lowest BCUT2D eigenvalue weighted by Gasteiger charge is -2.28. The molecule has 0 aliphatic carbocycles. The molecule has 0 saturated carbocycles. The second-order valence-corrected chi connectivity index (χ2v) is 7.92. The first-order chi connectivity index (χ1) is 12.4. The summed E-state index contributed by atoms with van der Waals surface area (Å²) in [6.07, 6.45) is 4.53. The highest BCUT2D eigenvalue weighted by Crippen LogP contribution is 2.36. The first kappa shape index (κ1) is 17.3. The van der Waals surface area contributed by atoms with Crippen LogP contribution in [0.2, 0.25) is 0 Å². The molecule has 0 saturated heterocycles. The minimum absolute atomic E-state index is 0.538. The molecule has 1 atom stereocenters. The van der Waals surface area contributed by atoms with Gasteiger partial charge in [0.2, 0.25) is 0 Å². The summed E-state index contributed by atoms with van der Waals surface area (Å²) in [5, 5.41) is 12.6. The summed E-state index contributed by atoms with van der Waals surface area (Å²) in [5.41, 5.74) is 6.60. The monoisotopic (exact) mass is 349 g/mol. The van der Waals surface area contributed by atoms with E-state index in [0.29, 0.717) is 6.54 Å². The number of fused-ring (bicyclic) bond motifs is 3. The summed E-state index contributed by atoms with van der Waals surface area (Å²) in [7, 11) is 2.18. The van der Waals surface area contributed by atoms with Crippen LogP contribution in [0.1, 0.15) is 34.9 Å². The summed E-state index contributed by atoms with van der Waals surface area (Å²) < 4.78 is 2.34. The van der Waals surface area contributed by atoms with E-state index in [2.05, 4.69) is 47.5 Å². The Labute approximate surface area is 155 Å². The van der Waals surface area contributed by atoms with Crippen molar-refractivity contribution in [1.82, 2.24) is 14.5 Å². The summed E-state index contributed by atoms with van der Waals surface area (Å²) in [6, 6.07) is 8.25. The van der Waals surface area contributed by atoms with Crippen LogP contribution in [0.25, 0.3) is 10.9 Å². The molecule has 1 aromatic carbocycles. The van der Waals surface area contributed by atoms with Crippen molar-refractivity contribution in [3.63, 3.8) is 0 Å². The zero-order valence-corrected chi connectivity index (χ0v) is 16.1. The second-order valence-electron chi connectivity index (χ2n) is 7.92. The fourth-order valence-corrected chi connectivity index (χ4v) is 4.22. The molecule has 3 heterocycles. The third-order valence-electron chi connectivity index (χ3n) is 5.89. The molecule has 0 radical (unpaired) electrons. The number of nitrogens with zero attached hydrogens (tertiary/aromatic N) is 3. The molecule has 2 aromatic heterocycles. The smallest absolute Gasteiger partial charge is 0.106 e. The van der Waals surface area contributed by atoms with Gasteiger partial charge in [-0.2, -0.15) is 0 Å². The number of aromatic nitrogens is 2. The van der Waals surface area contributed by atoms with Crippen LogP contribution in [0, 0.1) is 13.8 Å². The Morgan fingerprint density at radius 1 is 1.23 bits per heavy atom. The van der Waals surface area contributed by atoms with Gasteiger partial charge < -0.3 is 14.6 Å². The Balaban J connectivity index is 1.89. The standard InChI is InChI=1S/C22H27N3O/c1-15-7-8-20-21(16(15)2)18-13-24(4)11-9-19(18)25(20)14-22(3,26)17-6-5-10-23-12-17/h5-8,10,12,26H,9,11,13-14H2,1-4H3. The van der Waals surface area contributed by atoms with E-state index in [1.807, 2.05) is 19.1 Å². The van der Waals surface area contributed by atoms with Crippen LogP contribution in [0.3, 0.4) is 0 Å². The molecule has 0 bridgehead atoms. The maximum Gasteiger partial charge on any atom is 0.106 e. The highest BCUT2D eigenvalue weighted by atomic mass is 16.3. The van der Waals surface area contributed by atoms with Crippen LogP contribution in [0.5, 0.6) is 0 Å². The maximum atomic E-state index is 11.2. The molecule has 26 heavy (non-hydrogen) atoms. The number of aryl methyl sites for hydroxylation is 2. The van der Waals surface area contributed by atoms with Crippen molar-refractivity contribution in [2.75, 3.05) is 13.6 Å². The molecule has 1 aliphatic rings. The lowest BCUT2D eigenvalue weighted by atomic mass is 9.97. The number of aliphatic hydroxyl groups is 1. The van der Waals surface area contributed by atoms with Gasteiger partial charge in [-0.05, 0) is 56.6 Å². The molecule has 0 amide bonds. The highest BCUT2D eigenvalue weighted by Gasteiger charge is 2.29. The lowest BCUT2D eigenvalue weighted by Crippen LogP contribution is -2.31. The Morgan fingerprint density at radius 2 is 2.04 bits per heavy atom. The number of rotatable bonds is 3. The summed E-state index contributed by atoms with van der Waals surface area (Å²) >= 11 is 0. The Hall–Kier alpha value is -2.17. The van der Waals surface area contributed by atoms with Crippen LogP contribution < -0.4 is 0 Å². The predicted molar refractivity (Wildman–Crippen MR) is 105 cm³/mol. The minimum Gasteiger partial charge on any atom is -0.384 e. The van der Waals surface area contributed by atoms with Gasteiger partial charge in [-0.3, -0.25) is 4.98 Å². The van der Waals surface area contributed by atoms with E-state index in [4.69, 9.17) is 0 Å². The van der Waals surface area contributed by atoms with Crippen LogP contribution in [0.15, 0.2) is 36.7 Å². The Morgan fingerprint density at radius 3 is 2.77 bits per heavy atom. The summed E-state index contributed by atoms with van der Waals surface area (Å²) in [6.45, 7) is 8.84. The van der Waals surface area contributed by atoms with Gasteiger partial charge in [0.15, 0.2) is 0 Å². The van der Waals surface area contributed by atoms with Crippen molar-refractivity contribution < 1.29 is 5.11 Å². The lowest BCUT2D eigenvalue weighted by molar-refractivity contribution is 0.0381. The van der Waals surface area contributed by atoms with Gasteiger partial charge in [0.1, 0.15) is 5.60 Å². The number of hydrogen-bond acceptors (Lipinski definition) is 3. The molecule has 1 unspecified atom stereocenters. The molecular formula is C22H27N3O. The third-order valence-corrected chi connectivity index (χ3v) is 5.89. The van der Waals surface area contributed by atoms with Gasteiger partial charge in [-0.1, -0.05) is 12.1 Å². The molecule has 0 spiro atoms. The summed E-state index contributed by atoms with van der Waals surface area (Å²) in [4.78, 5) is 6.57. The normalized spacial score (nSPS) is 17.3. The number of benzene rings is 1. The van der Waals surface area contributed by atoms with Crippen molar-refractivity contribution in [1.29, 1.82) is 0 Å². The Bertz CT molecular complexity index is 957. The van der Waals surface area contributed by atoms with E-state index >= 15 is 0 Å². The molecule has 4 rings (SSSR count). The number of likely N-dealkylation sites (N-methyl/N-ethyl adjacent to an activating group) is 1. The van der Waals surface area contributed by atoms with Crippen LogP contribution in [-0.2, 0) is 25.1 Å². The molecule has 3 aromatic rings. The van der Waals surface area contributed by atoms with Crippen LogP contribution in [0.4, 0.5) is 0 Å². The molecule has 136 valence electrons. The largest absolute Gasteiger partial charge is 0.384 e. The molecule has 0 fully saturated rings. The van der Waals surface area contributed by atoms with E-state index < -0.39 is 5.60 Å². The van der Waals surface area contributed by atoms with Crippen LogP contribution in [-0.4, -0.2) is 33.1 Å². The number of hydrogen-bond donors (Lipinski definition) is 1.